The predicted molar refractivity (Wildman–Crippen MR) is 99.8 cm³/mol. The second-order valence-electron chi connectivity index (χ2n) is 6.67. The van der Waals surface area contributed by atoms with E-state index < -0.39 is 11.7 Å². The smallest absolute Gasteiger partial charge is 0.416 e. The van der Waals surface area contributed by atoms with Gasteiger partial charge >= 0.3 is 6.18 Å². The summed E-state index contributed by atoms with van der Waals surface area (Å²) in [5, 5.41) is 3.33. The lowest BCUT2D eigenvalue weighted by atomic mass is 10.1. The Morgan fingerprint density at radius 2 is 1.93 bits per heavy atom. The van der Waals surface area contributed by atoms with Crippen molar-refractivity contribution in [1.82, 2.24) is 10.2 Å². The molecule has 8 heteroatoms. The predicted octanol–water partition coefficient (Wildman–Crippen LogP) is 4.19. The molecular weight excluding hydrogens is 371 g/mol. The van der Waals surface area contributed by atoms with Crippen molar-refractivity contribution in [3.63, 3.8) is 0 Å². The SMILES string of the molecule is COc1ccc2c(c1)Oc1ccc(C(F)(F)F)cc1N=C2N1CCCNCC1. The number of fused-ring (bicyclic) bond motifs is 2. The van der Waals surface area contributed by atoms with Crippen molar-refractivity contribution in [3.8, 4) is 17.2 Å². The maximum atomic E-state index is 13.2. The lowest BCUT2D eigenvalue weighted by Gasteiger charge is -2.24. The van der Waals surface area contributed by atoms with Crippen molar-refractivity contribution in [1.29, 1.82) is 0 Å². The van der Waals surface area contributed by atoms with E-state index in [0.717, 1.165) is 43.8 Å². The van der Waals surface area contributed by atoms with Crippen LogP contribution in [0.5, 0.6) is 17.2 Å². The molecule has 1 saturated heterocycles. The van der Waals surface area contributed by atoms with Gasteiger partial charge < -0.3 is 19.7 Å². The number of hydrogen-bond donors (Lipinski definition) is 1. The van der Waals surface area contributed by atoms with Crippen molar-refractivity contribution < 1.29 is 22.6 Å². The summed E-state index contributed by atoms with van der Waals surface area (Å²) in [5.74, 6) is 2.00. The number of benzene rings is 2. The van der Waals surface area contributed by atoms with Gasteiger partial charge in [-0.15, -0.1) is 0 Å². The molecule has 2 aliphatic rings. The number of rotatable bonds is 1. The van der Waals surface area contributed by atoms with Crippen LogP contribution in [-0.4, -0.2) is 44.0 Å². The summed E-state index contributed by atoms with van der Waals surface area (Å²) in [6, 6.07) is 8.72. The van der Waals surface area contributed by atoms with Crippen molar-refractivity contribution in [2.75, 3.05) is 33.3 Å². The minimum atomic E-state index is -4.44. The number of alkyl halides is 3. The van der Waals surface area contributed by atoms with Crippen LogP contribution in [0, 0.1) is 0 Å². The Morgan fingerprint density at radius 1 is 1.07 bits per heavy atom. The van der Waals surface area contributed by atoms with Crippen LogP contribution in [0.1, 0.15) is 17.5 Å². The quantitative estimate of drug-likeness (QED) is 0.792. The molecular formula is C20H20F3N3O2. The highest BCUT2D eigenvalue weighted by Gasteiger charge is 2.32. The van der Waals surface area contributed by atoms with Gasteiger partial charge in [0, 0.05) is 25.7 Å². The normalized spacial score (nSPS) is 16.9. The Balaban J connectivity index is 1.86. The number of nitrogens with one attached hydrogen (secondary N) is 1. The van der Waals surface area contributed by atoms with Crippen LogP contribution in [-0.2, 0) is 6.18 Å². The fourth-order valence-corrected chi connectivity index (χ4v) is 3.36. The van der Waals surface area contributed by atoms with Gasteiger partial charge in [0.1, 0.15) is 23.0 Å². The third kappa shape index (κ3) is 3.64. The second kappa shape index (κ2) is 7.35. The summed E-state index contributed by atoms with van der Waals surface area (Å²) in [4.78, 5) is 6.71. The van der Waals surface area contributed by atoms with Gasteiger partial charge in [0.15, 0.2) is 5.75 Å². The van der Waals surface area contributed by atoms with Crippen LogP contribution in [0.25, 0.3) is 0 Å². The number of halogens is 3. The van der Waals surface area contributed by atoms with Crippen molar-refractivity contribution in [2.24, 2.45) is 4.99 Å². The standard InChI is InChI=1S/C20H20F3N3O2/c1-27-14-4-5-15-18(12-14)28-17-6-3-13(20(21,22)23)11-16(17)25-19(15)26-9-2-7-24-8-10-26/h3-6,11-12,24H,2,7-10H2,1H3. The largest absolute Gasteiger partial charge is 0.497 e. The first-order valence-electron chi connectivity index (χ1n) is 9.07. The van der Waals surface area contributed by atoms with Gasteiger partial charge in [-0.2, -0.15) is 13.2 Å². The van der Waals surface area contributed by atoms with E-state index in [1.807, 2.05) is 6.07 Å². The van der Waals surface area contributed by atoms with E-state index in [1.165, 1.54) is 6.07 Å². The number of amidine groups is 1. The molecule has 1 N–H and O–H groups in total. The van der Waals surface area contributed by atoms with Gasteiger partial charge in [0.25, 0.3) is 0 Å². The molecule has 0 unspecified atom stereocenters. The average molecular weight is 391 g/mol. The van der Waals surface area contributed by atoms with Crippen LogP contribution < -0.4 is 14.8 Å². The lowest BCUT2D eigenvalue weighted by Crippen LogP contribution is -2.34. The highest BCUT2D eigenvalue weighted by molar-refractivity contribution is 6.04. The van der Waals surface area contributed by atoms with Gasteiger partial charge in [-0.1, -0.05) is 0 Å². The van der Waals surface area contributed by atoms with E-state index in [9.17, 15) is 13.2 Å². The van der Waals surface area contributed by atoms with E-state index in [4.69, 9.17) is 9.47 Å². The topological polar surface area (TPSA) is 46.1 Å². The Kier molecular flexibility index (Phi) is 4.89. The van der Waals surface area contributed by atoms with E-state index in [0.29, 0.717) is 23.9 Å². The molecule has 0 radical (unpaired) electrons. The fourth-order valence-electron chi connectivity index (χ4n) is 3.36. The third-order valence-corrected chi connectivity index (χ3v) is 4.80. The van der Waals surface area contributed by atoms with Crippen LogP contribution in [0.15, 0.2) is 41.4 Å². The first-order valence-corrected chi connectivity index (χ1v) is 9.07. The minimum Gasteiger partial charge on any atom is -0.497 e. The van der Waals surface area contributed by atoms with Gasteiger partial charge in [-0.25, -0.2) is 4.99 Å². The Morgan fingerprint density at radius 3 is 2.71 bits per heavy atom. The molecule has 0 aromatic heterocycles. The van der Waals surface area contributed by atoms with E-state index in [1.54, 1.807) is 19.2 Å². The first kappa shape index (κ1) is 18.6. The molecule has 4 rings (SSSR count). The Bertz CT molecular complexity index is 904. The van der Waals surface area contributed by atoms with Crippen LogP contribution in [0.3, 0.4) is 0 Å². The van der Waals surface area contributed by atoms with Crippen molar-refractivity contribution in [3.05, 3.63) is 47.5 Å². The number of hydrogen-bond acceptors (Lipinski definition) is 5. The molecule has 0 bridgehead atoms. The second-order valence-corrected chi connectivity index (χ2v) is 6.67. The molecule has 0 atom stereocenters. The number of aliphatic imine (C=N–C) groups is 1. The molecule has 2 heterocycles. The average Bonchev–Trinajstić information content (AvgIpc) is 3.03. The maximum Gasteiger partial charge on any atom is 0.416 e. The highest BCUT2D eigenvalue weighted by Crippen LogP contribution is 2.42. The Labute approximate surface area is 160 Å². The third-order valence-electron chi connectivity index (χ3n) is 4.80. The van der Waals surface area contributed by atoms with Gasteiger partial charge in [0.2, 0.25) is 0 Å². The van der Waals surface area contributed by atoms with Gasteiger partial charge in [0.05, 0.1) is 18.2 Å². The zero-order valence-corrected chi connectivity index (χ0v) is 15.3. The van der Waals surface area contributed by atoms with E-state index in [-0.39, 0.29) is 11.4 Å². The molecule has 28 heavy (non-hydrogen) atoms. The monoisotopic (exact) mass is 391 g/mol. The molecule has 1 fully saturated rings. The summed E-state index contributed by atoms with van der Waals surface area (Å²) >= 11 is 0. The summed E-state index contributed by atoms with van der Waals surface area (Å²) in [7, 11) is 1.55. The molecule has 5 nitrogen and oxygen atoms in total. The highest BCUT2D eigenvalue weighted by atomic mass is 19.4. The Hall–Kier alpha value is -2.74. The number of ether oxygens (including phenoxy) is 2. The molecule has 148 valence electrons. The summed E-state index contributed by atoms with van der Waals surface area (Å²) in [6.45, 7) is 3.13. The number of methoxy groups -OCH3 is 1. The van der Waals surface area contributed by atoms with Gasteiger partial charge in [-0.05, 0) is 43.3 Å². The van der Waals surface area contributed by atoms with Crippen LogP contribution in [0.4, 0.5) is 18.9 Å². The molecule has 0 amide bonds. The molecule has 0 spiro atoms. The van der Waals surface area contributed by atoms with E-state index in [2.05, 4.69) is 15.2 Å². The van der Waals surface area contributed by atoms with E-state index >= 15 is 0 Å². The lowest BCUT2D eigenvalue weighted by molar-refractivity contribution is -0.137. The van der Waals surface area contributed by atoms with Gasteiger partial charge in [-0.3, -0.25) is 0 Å². The minimum absolute atomic E-state index is 0.164. The molecule has 0 aliphatic carbocycles. The zero-order valence-electron chi connectivity index (χ0n) is 15.3. The molecule has 0 saturated carbocycles. The molecule has 2 aromatic carbocycles. The maximum absolute atomic E-state index is 13.2. The molecule has 2 aliphatic heterocycles. The first-order chi connectivity index (χ1) is 13.5. The fraction of sp³-hybridized carbons (Fsp3) is 0.350. The summed E-state index contributed by atoms with van der Waals surface area (Å²) < 4.78 is 50.8. The van der Waals surface area contributed by atoms with Crippen molar-refractivity contribution >= 4 is 11.5 Å². The molecule has 2 aromatic rings. The van der Waals surface area contributed by atoms with Crippen LogP contribution >= 0.6 is 0 Å². The van der Waals surface area contributed by atoms with Crippen molar-refractivity contribution in [2.45, 2.75) is 12.6 Å². The summed E-state index contributed by atoms with van der Waals surface area (Å²) in [6.07, 6.45) is -3.53. The summed E-state index contributed by atoms with van der Waals surface area (Å²) in [5.41, 5.74) is 0.142. The van der Waals surface area contributed by atoms with Crippen LogP contribution in [0.2, 0.25) is 0 Å². The zero-order chi connectivity index (χ0) is 19.7. The number of nitrogens with zero attached hydrogens (tertiary/aromatic N) is 2.